The van der Waals surface area contributed by atoms with Crippen LogP contribution in [-0.4, -0.2) is 54.6 Å². The Kier molecular flexibility index (Phi) is 9.20. The van der Waals surface area contributed by atoms with E-state index < -0.39 is 11.9 Å². The van der Waals surface area contributed by atoms with Crippen LogP contribution < -0.4 is 10.1 Å². The van der Waals surface area contributed by atoms with Crippen LogP contribution in [0.25, 0.3) is 0 Å². The number of hydrogen-bond acceptors (Lipinski definition) is 6. The van der Waals surface area contributed by atoms with Gasteiger partial charge in [0.05, 0.1) is 6.61 Å². The monoisotopic (exact) mass is 405 g/mol. The van der Waals surface area contributed by atoms with Gasteiger partial charge in [0.15, 0.2) is 0 Å². The number of carbonyl (C=O) groups is 2. The van der Waals surface area contributed by atoms with Crippen LogP contribution in [0, 0.1) is 0 Å². The second-order valence-corrected chi connectivity index (χ2v) is 6.91. The first-order valence-electron chi connectivity index (χ1n) is 8.74. The first kappa shape index (κ1) is 21.6. The fraction of sp³-hybridized carbons (Fsp3) is 0.300. The van der Waals surface area contributed by atoms with Crippen molar-refractivity contribution in [2.75, 3.05) is 26.3 Å². The molecule has 1 atom stereocenters. The highest BCUT2D eigenvalue weighted by Crippen LogP contribution is 2.23. The van der Waals surface area contributed by atoms with Crippen molar-refractivity contribution in [2.24, 2.45) is 0 Å². The van der Waals surface area contributed by atoms with Crippen LogP contribution in [0.1, 0.15) is 10.4 Å². The van der Waals surface area contributed by atoms with E-state index >= 15 is 0 Å². The lowest BCUT2D eigenvalue weighted by molar-refractivity contribution is -0.134. The molecule has 0 unspecified atom stereocenters. The zero-order valence-corrected chi connectivity index (χ0v) is 16.1. The van der Waals surface area contributed by atoms with Crippen molar-refractivity contribution in [1.82, 2.24) is 5.32 Å². The molecule has 1 aliphatic rings. The Morgan fingerprint density at radius 1 is 1.18 bits per heavy atom. The van der Waals surface area contributed by atoms with Crippen LogP contribution >= 0.6 is 11.3 Å². The molecule has 1 aromatic heterocycles. The first-order valence-corrected chi connectivity index (χ1v) is 9.62. The molecule has 28 heavy (non-hydrogen) atoms. The lowest BCUT2D eigenvalue weighted by Gasteiger charge is -2.24. The number of hydrogen-bond donors (Lipinski definition) is 3. The van der Waals surface area contributed by atoms with Crippen LogP contribution in [0.4, 0.5) is 0 Å². The van der Waals surface area contributed by atoms with Gasteiger partial charge in [-0.05, 0) is 23.1 Å². The molecule has 3 rings (SSSR count). The third-order valence-electron chi connectivity index (χ3n) is 3.72. The Hall–Kier alpha value is -2.68. The maximum absolute atomic E-state index is 9.55. The van der Waals surface area contributed by atoms with E-state index in [1.165, 1.54) is 10.4 Å². The van der Waals surface area contributed by atoms with Gasteiger partial charge in [-0.25, -0.2) is 9.59 Å². The quantitative estimate of drug-likeness (QED) is 0.608. The number of carboxylic acids is 2. The minimum absolute atomic E-state index is 0.151. The molecule has 150 valence electrons. The van der Waals surface area contributed by atoms with Crippen molar-refractivity contribution in [1.29, 1.82) is 0 Å². The molecule has 1 aliphatic heterocycles. The number of carboxylic acid groups (broad SMARTS) is 2. The summed E-state index contributed by atoms with van der Waals surface area (Å²) in [4.78, 5) is 20.5. The lowest BCUT2D eigenvalue weighted by Crippen LogP contribution is -2.41. The predicted molar refractivity (Wildman–Crippen MR) is 106 cm³/mol. The standard InChI is InChI=1S/C16H19NO2S.C4H4O4/c1-2-6-16(19-12-14-11-17-7-8-18-14)13(4-1)10-15-5-3-9-20-15;5-3(6)1-2-4(7)8/h1-6,9,14,17H,7-8,10-12H2;1-2H,(H,5,6)(H,7,8)/b;2-1-/t14-;/m0./s1. The van der Waals surface area contributed by atoms with Gasteiger partial charge in [-0.3, -0.25) is 0 Å². The molecule has 7 nitrogen and oxygen atoms in total. The van der Waals surface area contributed by atoms with Crippen molar-refractivity contribution in [3.05, 3.63) is 64.4 Å². The molecule has 0 bridgehead atoms. The highest BCUT2D eigenvalue weighted by Gasteiger charge is 2.14. The van der Waals surface area contributed by atoms with Crippen LogP contribution in [-0.2, 0) is 20.7 Å². The van der Waals surface area contributed by atoms with Crippen molar-refractivity contribution >= 4 is 23.3 Å². The van der Waals surface area contributed by atoms with E-state index in [1.807, 2.05) is 12.1 Å². The third-order valence-corrected chi connectivity index (χ3v) is 4.59. The predicted octanol–water partition coefficient (Wildman–Crippen LogP) is 2.42. The van der Waals surface area contributed by atoms with E-state index in [0.29, 0.717) is 18.8 Å². The van der Waals surface area contributed by atoms with Crippen molar-refractivity contribution < 1.29 is 29.3 Å². The molecular weight excluding hydrogens is 382 g/mol. The summed E-state index contributed by atoms with van der Waals surface area (Å²) in [6.07, 6.45) is 2.20. The minimum atomic E-state index is -1.26. The van der Waals surface area contributed by atoms with E-state index in [-0.39, 0.29) is 6.10 Å². The van der Waals surface area contributed by atoms with Crippen LogP contribution in [0.15, 0.2) is 53.9 Å². The second-order valence-electron chi connectivity index (χ2n) is 5.88. The molecular formula is C20H23NO6S. The molecule has 0 spiro atoms. The van der Waals surface area contributed by atoms with Gasteiger partial charge in [0, 0.05) is 36.5 Å². The molecule has 2 aromatic rings. The second kappa shape index (κ2) is 11.9. The lowest BCUT2D eigenvalue weighted by atomic mass is 10.1. The van der Waals surface area contributed by atoms with Gasteiger partial charge in [0.2, 0.25) is 0 Å². The number of benzene rings is 1. The van der Waals surface area contributed by atoms with E-state index in [4.69, 9.17) is 19.7 Å². The highest BCUT2D eigenvalue weighted by molar-refractivity contribution is 7.09. The molecule has 1 aromatic carbocycles. The number of para-hydroxylation sites is 1. The molecule has 0 amide bonds. The summed E-state index contributed by atoms with van der Waals surface area (Å²) >= 11 is 1.78. The Morgan fingerprint density at radius 2 is 1.93 bits per heavy atom. The van der Waals surface area contributed by atoms with Crippen molar-refractivity contribution in [3.8, 4) is 5.75 Å². The topological polar surface area (TPSA) is 105 Å². The number of rotatable bonds is 7. The average molecular weight is 405 g/mol. The molecule has 8 heteroatoms. The van der Waals surface area contributed by atoms with Gasteiger partial charge in [0.1, 0.15) is 18.5 Å². The summed E-state index contributed by atoms with van der Waals surface area (Å²) in [6.45, 7) is 3.18. The Labute approximate surface area is 167 Å². The molecule has 2 heterocycles. The SMILES string of the molecule is O=C(O)/C=C\C(=O)O.c1csc(Cc2ccccc2OC[C@@H]2CNCCO2)c1. The smallest absolute Gasteiger partial charge is 0.328 e. The fourth-order valence-corrected chi connectivity index (χ4v) is 3.17. The summed E-state index contributed by atoms with van der Waals surface area (Å²) in [6, 6.07) is 12.5. The molecule has 0 radical (unpaired) electrons. The average Bonchev–Trinajstić information content (AvgIpc) is 3.20. The molecule has 1 fully saturated rings. The van der Waals surface area contributed by atoms with E-state index in [0.717, 1.165) is 31.9 Å². The summed E-state index contributed by atoms with van der Waals surface area (Å²) in [7, 11) is 0. The summed E-state index contributed by atoms with van der Waals surface area (Å²) < 4.78 is 11.6. The number of ether oxygens (including phenoxy) is 2. The Balaban J connectivity index is 0.000000300. The van der Waals surface area contributed by atoms with E-state index in [2.05, 4.69) is 35.0 Å². The molecule has 0 saturated carbocycles. The minimum Gasteiger partial charge on any atom is -0.491 e. The van der Waals surface area contributed by atoms with Gasteiger partial charge in [0.25, 0.3) is 0 Å². The van der Waals surface area contributed by atoms with E-state index in [1.54, 1.807) is 11.3 Å². The Morgan fingerprint density at radius 3 is 2.54 bits per heavy atom. The number of thiophene rings is 1. The zero-order chi connectivity index (χ0) is 20.2. The maximum Gasteiger partial charge on any atom is 0.328 e. The van der Waals surface area contributed by atoms with Crippen LogP contribution in [0.2, 0.25) is 0 Å². The van der Waals surface area contributed by atoms with Gasteiger partial charge in [-0.1, -0.05) is 24.3 Å². The molecule has 0 aliphatic carbocycles. The zero-order valence-electron chi connectivity index (χ0n) is 15.2. The van der Waals surface area contributed by atoms with Gasteiger partial charge < -0.3 is 25.0 Å². The number of morpholine rings is 1. The fourth-order valence-electron chi connectivity index (χ4n) is 2.44. The van der Waals surface area contributed by atoms with Crippen LogP contribution in [0.5, 0.6) is 5.75 Å². The van der Waals surface area contributed by atoms with Gasteiger partial charge in [-0.15, -0.1) is 11.3 Å². The summed E-state index contributed by atoms with van der Waals surface area (Å²) in [5.74, 6) is -1.55. The van der Waals surface area contributed by atoms with Crippen molar-refractivity contribution in [3.63, 3.8) is 0 Å². The molecule has 1 saturated heterocycles. The molecule has 3 N–H and O–H groups in total. The summed E-state index contributed by atoms with van der Waals surface area (Å²) in [5, 5.41) is 21.1. The summed E-state index contributed by atoms with van der Waals surface area (Å²) in [5.41, 5.74) is 1.23. The van der Waals surface area contributed by atoms with E-state index in [9.17, 15) is 9.59 Å². The highest BCUT2D eigenvalue weighted by atomic mass is 32.1. The number of aliphatic carboxylic acids is 2. The van der Waals surface area contributed by atoms with Gasteiger partial charge >= 0.3 is 11.9 Å². The number of nitrogens with one attached hydrogen (secondary N) is 1. The normalized spacial score (nSPS) is 16.2. The van der Waals surface area contributed by atoms with Crippen LogP contribution in [0.3, 0.4) is 0 Å². The third kappa shape index (κ3) is 8.34. The maximum atomic E-state index is 9.55. The Bertz CT molecular complexity index is 753. The van der Waals surface area contributed by atoms with Gasteiger partial charge in [-0.2, -0.15) is 0 Å². The first-order chi connectivity index (χ1) is 13.5. The van der Waals surface area contributed by atoms with Crippen molar-refractivity contribution in [2.45, 2.75) is 12.5 Å². The largest absolute Gasteiger partial charge is 0.491 e.